The van der Waals surface area contributed by atoms with E-state index < -0.39 is 18.2 Å². The molecule has 1 atom stereocenters. The summed E-state index contributed by atoms with van der Waals surface area (Å²) in [7, 11) is 0. The summed E-state index contributed by atoms with van der Waals surface area (Å²) in [4.78, 5) is 11.7. The molecule has 0 bridgehead atoms. The van der Waals surface area contributed by atoms with Gasteiger partial charge in [-0.05, 0) is 25.2 Å². The first-order valence-corrected chi connectivity index (χ1v) is 5.40. The first-order chi connectivity index (χ1) is 7.36. The van der Waals surface area contributed by atoms with E-state index in [1.165, 1.54) is 0 Å². The minimum atomic E-state index is -4.78. The molecule has 0 radical (unpaired) electrons. The number of halogens is 3. The zero-order chi connectivity index (χ0) is 12.3. The first kappa shape index (κ1) is 13.3. The molecule has 16 heavy (non-hydrogen) atoms. The summed E-state index contributed by atoms with van der Waals surface area (Å²) in [5.41, 5.74) is 0. The fourth-order valence-corrected chi connectivity index (χ4v) is 2.00. The number of piperidine rings is 1. The van der Waals surface area contributed by atoms with Crippen molar-refractivity contribution in [2.75, 3.05) is 13.1 Å². The van der Waals surface area contributed by atoms with Gasteiger partial charge >= 0.3 is 12.1 Å². The van der Waals surface area contributed by atoms with E-state index in [1.807, 2.05) is 6.92 Å². The van der Waals surface area contributed by atoms with Crippen LogP contribution in [0.2, 0.25) is 0 Å². The summed E-state index contributed by atoms with van der Waals surface area (Å²) in [5, 5.41) is 9.54. The van der Waals surface area contributed by atoms with Crippen LogP contribution in [0.25, 0.3) is 0 Å². The first-order valence-electron chi connectivity index (χ1n) is 5.40. The number of carbonyl (C=O) groups is 1. The van der Waals surface area contributed by atoms with Gasteiger partial charge in [0.25, 0.3) is 0 Å². The number of carbonyl (C=O) groups excluding carboxylic acids is 1. The maximum atomic E-state index is 12.1. The van der Waals surface area contributed by atoms with Crippen LogP contribution in [0.5, 0.6) is 0 Å². The number of hydrogen-bond donors (Lipinski definition) is 1. The van der Waals surface area contributed by atoms with Gasteiger partial charge in [0, 0.05) is 13.1 Å². The molecule has 0 aromatic rings. The molecule has 1 rings (SSSR count). The Morgan fingerprint density at radius 3 is 2.31 bits per heavy atom. The number of amides is 1. The molecule has 1 fully saturated rings. The molecule has 0 saturated carbocycles. The van der Waals surface area contributed by atoms with Crippen LogP contribution in [0.1, 0.15) is 26.2 Å². The number of aliphatic hydroxyl groups excluding tert-OH is 1. The van der Waals surface area contributed by atoms with E-state index in [1.54, 1.807) is 0 Å². The van der Waals surface area contributed by atoms with E-state index in [-0.39, 0.29) is 19.0 Å². The number of aliphatic hydroxyl groups is 1. The second kappa shape index (κ2) is 5.03. The van der Waals surface area contributed by atoms with Crippen LogP contribution >= 0.6 is 0 Å². The van der Waals surface area contributed by atoms with E-state index in [4.69, 9.17) is 0 Å². The Kier molecular flexibility index (Phi) is 4.18. The Bertz CT molecular complexity index is 247. The normalized spacial score (nSPS) is 20.9. The predicted molar refractivity (Wildman–Crippen MR) is 51.7 cm³/mol. The van der Waals surface area contributed by atoms with Crippen LogP contribution in [0.3, 0.4) is 0 Å². The van der Waals surface area contributed by atoms with Gasteiger partial charge in [0.2, 0.25) is 0 Å². The molecule has 1 heterocycles. The Hall–Kier alpha value is -0.780. The third kappa shape index (κ3) is 3.10. The van der Waals surface area contributed by atoms with Gasteiger partial charge in [-0.15, -0.1) is 0 Å². The van der Waals surface area contributed by atoms with Crippen LogP contribution in [0, 0.1) is 5.92 Å². The highest BCUT2D eigenvalue weighted by molar-refractivity contribution is 5.81. The third-order valence-electron chi connectivity index (χ3n) is 3.03. The summed E-state index contributed by atoms with van der Waals surface area (Å²) < 4.78 is 36.3. The van der Waals surface area contributed by atoms with Crippen LogP contribution in [-0.4, -0.2) is 41.3 Å². The molecule has 1 aliphatic rings. The minimum Gasteiger partial charge on any atom is -0.393 e. The van der Waals surface area contributed by atoms with E-state index in [0.29, 0.717) is 19.3 Å². The molecular formula is C10H16F3NO2. The monoisotopic (exact) mass is 239 g/mol. The van der Waals surface area contributed by atoms with Crippen molar-refractivity contribution >= 4 is 5.91 Å². The van der Waals surface area contributed by atoms with Gasteiger partial charge in [-0.2, -0.15) is 13.2 Å². The van der Waals surface area contributed by atoms with Gasteiger partial charge in [0.05, 0.1) is 6.10 Å². The SMILES string of the molecule is CCC(O)C1CCN(C(=O)C(F)(F)F)CC1. The van der Waals surface area contributed by atoms with Crippen LogP contribution in [-0.2, 0) is 4.79 Å². The summed E-state index contributed by atoms with van der Waals surface area (Å²) in [6.45, 7) is 2.00. The molecule has 6 heteroatoms. The number of alkyl halides is 3. The molecule has 1 N–H and O–H groups in total. The van der Waals surface area contributed by atoms with Gasteiger partial charge in [-0.3, -0.25) is 4.79 Å². The van der Waals surface area contributed by atoms with Crippen molar-refractivity contribution in [2.24, 2.45) is 5.92 Å². The van der Waals surface area contributed by atoms with Crippen molar-refractivity contribution in [1.29, 1.82) is 0 Å². The van der Waals surface area contributed by atoms with E-state index >= 15 is 0 Å². The molecule has 1 amide bonds. The van der Waals surface area contributed by atoms with E-state index in [9.17, 15) is 23.1 Å². The number of nitrogens with zero attached hydrogens (tertiary/aromatic N) is 1. The highest BCUT2D eigenvalue weighted by atomic mass is 19.4. The van der Waals surface area contributed by atoms with E-state index in [0.717, 1.165) is 4.90 Å². The molecule has 0 aliphatic carbocycles. The lowest BCUT2D eigenvalue weighted by Gasteiger charge is -2.34. The van der Waals surface area contributed by atoms with Gasteiger partial charge in [-0.25, -0.2) is 0 Å². The zero-order valence-corrected chi connectivity index (χ0v) is 9.13. The van der Waals surface area contributed by atoms with Crippen molar-refractivity contribution in [3.8, 4) is 0 Å². The van der Waals surface area contributed by atoms with Crippen molar-refractivity contribution in [3.63, 3.8) is 0 Å². The second-order valence-electron chi connectivity index (χ2n) is 4.10. The number of rotatable bonds is 2. The molecule has 3 nitrogen and oxygen atoms in total. The van der Waals surface area contributed by atoms with Crippen molar-refractivity contribution in [3.05, 3.63) is 0 Å². The summed E-state index contributed by atoms with van der Waals surface area (Å²) in [6.07, 6.45) is -3.77. The smallest absolute Gasteiger partial charge is 0.393 e. The Morgan fingerprint density at radius 2 is 1.94 bits per heavy atom. The fourth-order valence-electron chi connectivity index (χ4n) is 2.00. The van der Waals surface area contributed by atoms with Crippen molar-refractivity contribution in [2.45, 2.75) is 38.5 Å². The number of hydrogen-bond acceptors (Lipinski definition) is 2. The van der Waals surface area contributed by atoms with Gasteiger partial charge in [-0.1, -0.05) is 6.92 Å². The molecule has 0 aromatic carbocycles. The average Bonchev–Trinajstić information content (AvgIpc) is 2.26. The molecule has 1 aliphatic heterocycles. The molecule has 1 unspecified atom stereocenters. The van der Waals surface area contributed by atoms with Crippen LogP contribution < -0.4 is 0 Å². The van der Waals surface area contributed by atoms with Gasteiger partial charge in [0.1, 0.15) is 0 Å². The molecular weight excluding hydrogens is 223 g/mol. The van der Waals surface area contributed by atoms with Crippen molar-refractivity contribution in [1.82, 2.24) is 4.90 Å². The maximum absolute atomic E-state index is 12.1. The Balaban J connectivity index is 2.46. The molecule has 94 valence electrons. The lowest BCUT2D eigenvalue weighted by Crippen LogP contribution is -2.46. The standard InChI is InChI=1S/C10H16F3NO2/c1-2-8(15)7-3-5-14(6-4-7)9(16)10(11,12)13/h7-8,15H,2-6H2,1H3. The average molecular weight is 239 g/mol. The van der Waals surface area contributed by atoms with Gasteiger partial charge in [0.15, 0.2) is 0 Å². The quantitative estimate of drug-likeness (QED) is 0.794. The lowest BCUT2D eigenvalue weighted by atomic mass is 9.90. The Labute approximate surface area is 92.2 Å². The minimum absolute atomic E-state index is 0.0160. The third-order valence-corrected chi connectivity index (χ3v) is 3.03. The maximum Gasteiger partial charge on any atom is 0.471 e. The van der Waals surface area contributed by atoms with Gasteiger partial charge < -0.3 is 10.0 Å². The summed E-state index contributed by atoms with van der Waals surface area (Å²) in [5.74, 6) is -1.75. The molecule has 0 aromatic heterocycles. The Morgan fingerprint density at radius 1 is 1.44 bits per heavy atom. The highest BCUT2D eigenvalue weighted by Crippen LogP contribution is 2.26. The summed E-state index contributed by atoms with van der Waals surface area (Å²) >= 11 is 0. The largest absolute Gasteiger partial charge is 0.471 e. The predicted octanol–water partition coefficient (Wildman–Crippen LogP) is 1.56. The topological polar surface area (TPSA) is 40.5 Å². The van der Waals surface area contributed by atoms with Crippen LogP contribution in [0.4, 0.5) is 13.2 Å². The zero-order valence-electron chi connectivity index (χ0n) is 9.13. The second-order valence-corrected chi connectivity index (χ2v) is 4.10. The van der Waals surface area contributed by atoms with E-state index in [2.05, 4.69) is 0 Å². The molecule has 0 spiro atoms. The number of likely N-dealkylation sites (tertiary alicyclic amines) is 1. The highest BCUT2D eigenvalue weighted by Gasteiger charge is 2.43. The lowest BCUT2D eigenvalue weighted by molar-refractivity contribution is -0.187. The van der Waals surface area contributed by atoms with Crippen LogP contribution in [0.15, 0.2) is 0 Å². The fraction of sp³-hybridized carbons (Fsp3) is 0.900. The molecule has 1 saturated heterocycles. The van der Waals surface area contributed by atoms with Crippen molar-refractivity contribution < 1.29 is 23.1 Å². The summed E-state index contributed by atoms with van der Waals surface area (Å²) in [6, 6.07) is 0.